The summed E-state index contributed by atoms with van der Waals surface area (Å²) in [4.78, 5) is 68.6. The standard InChI is InChI=1S/C37H41BrN8O4/c1-6-8-10-24-13-25(26-17-39-23(5)40-18-26)14-27-33(22(4)47)44-45(34(24)27)19-32(49)46-28(36(50)43-35-21(3)11-12-30(38)42-35)15-37(16-29(37)46)20-41-31(48)9-7-2/h6,11-14,17-18,28-29H,1,7-10,15-16,19-20H2,2-5H3,(H,41,48)(H,42,43,50)/t28-,29+,37-/m0/s1. The summed E-state index contributed by atoms with van der Waals surface area (Å²) >= 11 is 3.37. The molecule has 1 aliphatic heterocycles. The summed E-state index contributed by atoms with van der Waals surface area (Å²) in [5, 5.41) is 11.3. The lowest BCUT2D eigenvalue weighted by molar-refractivity contribution is -0.138. The number of carbonyl (C=O) groups is 4. The molecule has 6 rings (SSSR count). The fourth-order valence-electron chi connectivity index (χ4n) is 7.04. The van der Waals surface area contributed by atoms with Crippen LogP contribution in [0, 0.1) is 19.3 Å². The molecule has 1 aromatic carbocycles. The van der Waals surface area contributed by atoms with Crippen molar-refractivity contribution in [1.82, 2.24) is 34.9 Å². The van der Waals surface area contributed by atoms with Gasteiger partial charge in [-0.3, -0.25) is 23.9 Å². The van der Waals surface area contributed by atoms with Crippen LogP contribution < -0.4 is 10.6 Å². The summed E-state index contributed by atoms with van der Waals surface area (Å²) < 4.78 is 2.18. The fourth-order valence-corrected chi connectivity index (χ4v) is 7.34. The van der Waals surface area contributed by atoms with Crippen molar-refractivity contribution in [1.29, 1.82) is 0 Å². The molecule has 1 saturated heterocycles. The fraction of sp³-hybridized carbons (Fsp3) is 0.405. The molecule has 0 spiro atoms. The van der Waals surface area contributed by atoms with Crippen molar-refractivity contribution in [3.05, 3.63) is 76.6 Å². The van der Waals surface area contributed by atoms with Crippen molar-refractivity contribution in [2.24, 2.45) is 5.41 Å². The average molecular weight is 742 g/mol. The minimum absolute atomic E-state index is 0.0457. The molecule has 0 radical (unpaired) electrons. The molecular weight excluding hydrogens is 700 g/mol. The predicted molar refractivity (Wildman–Crippen MR) is 193 cm³/mol. The van der Waals surface area contributed by atoms with Gasteiger partial charge in [0.15, 0.2) is 5.78 Å². The van der Waals surface area contributed by atoms with Crippen molar-refractivity contribution in [3.63, 3.8) is 0 Å². The van der Waals surface area contributed by atoms with Gasteiger partial charge in [0, 0.05) is 54.7 Å². The van der Waals surface area contributed by atoms with Crippen LogP contribution in [0.15, 0.2) is 53.9 Å². The lowest BCUT2D eigenvalue weighted by atomic mass is 9.97. The highest BCUT2D eigenvalue weighted by atomic mass is 79.9. The summed E-state index contributed by atoms with van der Waals surface area (Å²) in [6.07, 6.45) is 8.82. The van der Waals surface area contributed by atoms with Crippen LogP contribution in [-0.2, 0) is 27.3 Å². The highest BCUT2D eigenvalue weighted by Crippen LogP contribution is 2.59. The van der Waals surface area contributed by atoms with Crippen LogP contribution >= 0.6 is 15.9 Å². The highest BCUT2D eigenvalue weighted by molar-refractivity contribution is 9.10. The Hall–Kier alpha value is -4.78. The number of hydrogen-bond acceptors (Lipinski definition) is 8. The van der Waals surface area contributed by atoms with E-state index in [1.807, 2.05) is 45.0 Å². The smallest absolute Gasteiger partial charge is 0.248 e. The van der Waals surface area contributed by atoms with E-state index in [1.165, 1.54) is 6.92 Å². The van der Waals surface area contributed by atoms with Gasteiger partial charge in [-0.25, -0.2) is 15.0 Å². The van der Waals surface area contributed by atoms with Crippen LogP contribution in [0.25, 0.3) is 22.0 Å². The van der Waals surface area contributed by atoms with Gasteiger partial charge in [-0.05, 0) is 96.8 Å². The number of carbonyl (C=O) groups excluding carboxylic acids is 4. The number of anilines is 1. The molecule has 3 amide bonds. The maximum Gasteiger partial charge on any atom is 0.248 e. The number of amides is 3. The zero-order valence-electron chi connectivity index (χ0n) is 28.8. The largest absolute Gasteiger partial charge is 0.355 e. The molecular formula is C37H41BrN8O4. The Labute approximate surface area is 299 Å². The number of aryl methyl sites for hydroxylation is 3. The first-order valence-electron chi connectivity index (χ1n) is 16.9. The van der Waals surface area contributed by atoms with Crippen LogP contribution in [-0.4, -0.2) is 71.8 Å². The summed E-state index contributed by atoms with van der Waals surface area (Å²) in [5.74, 6) is 0.150. The van der Waals surface area contributed by atoms with Gasteiger partial charge in [0.2, 0.25) is 17.7 Å². The Bertz CT molecular complexity index is 2010. The van der Waals surface area contributed by atoms with Crippen molar-refractivity contribution >= 4 is 56.2 Å². The number of aromatic nitrogens is 5. The molecule has 4 aromatic rings. The number of rotatable bonds is 13. The van der Waals surface area contributed by atoms with Crippen LogP contribution in [0.1, 0.15) is 73.4 Å². The Morgan fingerprint density at radius 3 is 2.56 bits per heavy atom. The summed E-state index contributed by atoms with van der Waals surface area (Å²) in [6, 6.07) is 6.55. The van der Waals surface area contributed by atoms with Crippen molar-refractivity contribution in [3.8, 4) is 11.1 Å². The Balaban J connectivity index is 1.36. The maximum absolute atomic E-state index is 14.4. The number of likely N-dealkylation sites (tertiary alicyclic amines) is 1. The van der Waals surface area contributed by atoms with Gasteiger partial charge < -0.3 is 15.5 Å². The van der Waals surface area contributed by atoms with E-state index in [0.29, 0.717) is 65.8 Å². The molecule has 3 atom stereocenters. The second-order valence-electron chi connectivity index (χ2n) is 13.4. The number of ketones is 1. The van der Waals surface area contributed by atoms with Gasteiger partial charge in [0.25, 0.3) is 0 Å². The first-order chi connectivity index (χ1) is 23.9. The number of benzene rings is 1. The van der Waals surface area contributed by atoms with Gasteiger partial charge in [0.05, 0.1) is 5.52 Å². The molecule has 1 saturated carbocycles. The van der Waals surface area contributed by atoms with Crippen LogP contribution in [0.3, 0.4) is 0 Å². The van der Waals surface area contributed by atoms with Crippen molar-refractivity contribution in [2.45, 2.75) is 84.8 Å². The molecule has 13 heteroatoms. The van der Waals surface area contributed by atoms with Crippen LogP contribution in [0.5, 0.6) is 0 Å². The van der Waals surface area contributed by atoms with E-state index in [1.54, 1.807) is 28.0 Å². The van der Waals surface area contributed by atoms with Crippen LogP contribution in [0.2, 0.25) is 0 Å². The molecule has 0 unspecified atom stereocenters. The molecule has 50 heavy (non-hydrogen) atoms. The zero-order chi connectivity index (χ0) is 35.7. The molecule has 2 fully saturated rings. The maximum atomic E-state index is 14.4. The number of halogens is 1. The molecule has 260 valence electrons. The monoisotopic (exact) mass is 740 g/mol. The minimum atomic E-state index is -0.785. The number of piperidine rings is 1. The highest BCUT2D eigenvalue weighted by Gasteiger charge is 2.67. The number of fused-ring (bicyclic) bond motifs is 2. The Morgan fingerprint density at radius 2 is 1.86 bits per heavy atom. The summed E-state index contributed by atoms with van der Waals surface area (Å²) in [6.45, 7) is 11.2. The molecule has 4 heterocycles. The third-order valence-corrected chi connectivity index (χ3v) is 10.1. The molecule has 12 nitrogen and oxygen atoms in total. The molecule has 2 aliphatic rings. The van der Waals surface area contributed by atoms with Gasteiger partial charge in [-0.1, -0.05) is 19.1 Å². The number of hydrogen-bond donors (Lipinski definition) is 2. The van der Waals surface area contributed by atoms with E-state index in [2.05, 4.69) is 48.1 Å². The van der Waals surface area contributed by atoms with E-state index in [-0.39, 0.29) is 41.8 Å². The van der Waals surface area contributed by atoms with E-state index in [4.69, 9.17) is 5.10 Å². The lowest BCUT2D eigenvalue weighted by Crippen LogP contribution is -2.47. The third-order valence-electron chi connectivity index (χ3n) is 9.70. The first-order valence-corrected chi connectivity index (χ1v) is 17.7. The second-order valence-corrected chi connectivity index (χ2v) is 14.2. The summed E-state index contributed by atoms with van der Waals surface area (Å²) in [7, 11) is 0. The van der Waals surface area contributed by atoms with Crippen molar-refractivity contribution in [2.75, 3.05) is 11.9 Å². The Morgan fingerprint density at radius 1 is 1.10 bits per heavy atom. The first kappa shape index (κ1) is 35.1. The van der Waals surface area contributed by atoms with Gasteiger partial charge in [-0.2, -0.15) is 5.10 Å². The molecule has 0 bridgehead atoms. The lowest BCUT2D eigenvalue weighted by Gasteiger charge is -2.27. The molecule has 3 aromatic heterocycles. The molecule has 2 N–H and O–H groups in total. The minimum Gasteiger partial charge on any atom is -0.355 e. The zero-order valence-corrected chi connectivity index (χ0v) is 30.3. The quantitative estimate of drug-likeness (QED) is 0.104. The van der Waals surface area contributed by atoms with E-state index in [9.17, 15) is 19.2 Å². The third kappa shape index (κ3) is 6.96. The van der Waals surface area contributed by atoms with Crippen LogP contribution in [0.4, 0.5) is 5.82 Å². The number of Topliss-reactive ketones (excluding diaryl/α,β-unsaturated/α-hetero) is 1. The summed E-state index contributed by atoms with van der Waals surface area (Å²) in [5.41, 5.74) is 3.86. The normalized spacial score (nSPS) is 19.3. The van der Waals surface area contributed by atoms with E-state index < -0.39 is 11.5 Å². The number of allylic oxidation sites excluding steroid dienone is 1. The Kier molecular flexibility index (Phi) is 9.97. The van der Waals surface area contributed by atoms with Crippen molar-refractivity contribution < 1.29 is 19.2 Å². The topological polar surface area (TPSA) is 152 Å². The van der Waals surface area contributed by atoms with E-state index >= 15 is 0 Å². The van der Waals surface area contributed by atoms with Gasteiger partial charge in [0.1, 0.15) is 34.5 Å². The molecule has 1 aliphatic carbocycles. The average Bonchev–Trinajstić information content (AvgIpc) is 3.50. The number of nitrogens with one attached hydrogen (secondary N) is 2. The van der Waals surface area contributed by atoms with Gasteiger partial charge >= 0.3 is 0 Å². The number of pyridine rings is 1. The SMILES string of the molecule is C=CCCc1cc(-c2cnc(C)nc2)cc2c(C(C)=O)nn(CC(=O)N3[C@H](C(=O)Nc4nc(Br)ccc4C)C[C@@]4(CNC(=O)CCC)C[C@@H]34)c12. The van der Waals surface area contributed by atoms with E-state index in [0.717, 1.165) is 28.7 Å². The second kappa shape index (κ2) is 14.2. The van der Waals surface area contributed by atoms with Gasteiger partial charge in [-0.15, -0.1) is 6.58 Å². The predicted octanol–water partition coefficient (Wildman–Crippen LogP) is 5.50. The number of nitrogens with zero attached hydrogens (tertiary/aromatic N) is 6.